The van der Waals surface area contributed by atoms with Crippen molar-refractivity contribution >= 4 is 43.6 Å². The molecule has 116 valence electrons. The number of hydrogen-bond acceptors (Lipinski definition) is 4. The van der Waals surface area contributed by atoms with Crippen LogP contribution in [0.15, 0.2) is 68.9 Å². The predicted octanol–water partition coefficient (Wildman–Crippen LogP) is 3.44. The van der Waals surface area contributed by atoms with Gasteiger partial charge in [0.05, 0.1) is 4.90 Å². The Hall–Kier alpha value is -1.31. The van der Waals surface area contributed by atoms with E-state index in [1.807, 2.05) is 30.3 Å². The molecule has 2 rings (SSSR count). The quantitative estimate of drug-likeness (QED) is 0.755. The molecule has 0 spiro atoms. The Bertz CT molecular complexity index is 731. The summed E-state index contributed by atoms with van der Waals surface area (Å²) in [7, 11) is -3.80. The van der Waals surface area contributed by atoms with Crippen LogP contribution in [-0.4, -0.2) is 20.1 Å². The zero-order chi connectivity index (χ0) is 16.0. The number of nitrogens with one attached hydrogen (secondary N) is 1. The van der Waals surface area contributed by atoms with Crippen molar-refractivity contribution in [3.05, 3.63) is 59.1 Å². The monoisotopic (exact) mass is 399 g/mol. The fourth-order valence-corrected chi connectivity index (χ4v) is 3.80. The molecule has 0 aromatic heterocycles. The van der Waals surface area contributed by atoms with E-state index in [1.54, 1.807) is 12.1 Å². The van der Waals surface area contributed by atoms with Crippen LogP contribution in [0.25, 0.3) is 0 Å². The molecule has 4 nitrogen and oxygen atoms in total. The van der Waals surface area contributed by atoms with Gasteiger partial charge in [0.25, 0.3) is 10.0 Å². The average molecular weight is 400 g/mol. The van der Waals surface area contributed by atoms with E-state index in [9.17, 15) is 13.2 Å². The highest BCUT2D eigenvalue weighted by molar-refractivity contribution is 9.10. The number of thioether (sulfide) groups is 1. The van der Waals surface area contributed by atoms with E-state index in [2.05, 4.69) is 20.7 Å². The standard InChI is InChI=1S/C15H14BrNO3S2/c16-12-6-8-14(9-7-12)22(19,20)17-15(18)10-11-21-13-4-2-1-3-5-13/h1-9H,10-11H2,(H,17,18). The van der Waals surface area contributed by atoms with Gasteiger partial charge in [0.1, 0.15) is 0 Å². The largest absolute Gasteiger partial charge is 0.274 e. The van der Waals surface area contributed by atoms with E-state index in [4.69, 9.17) is 0 Å². The molecule has 2 aromatic rings. The minimum Gasteiger partial charge on any atom is -0.274 e. The van der Waals surface area contributed by atoms with Crippen LogP contribution in [0.5, 0.6) is 0 Å². The maximum absolute atomic E-state index is 12.0. The zero-order valence-corrected chi connectivity index (χ0v) is 14.7. The van der Waals surface area contributed by atoms with E-state index in [-0.39, 0.29) is 11.3 Å². The van der Waals surface area contributed by atoms with Crippen LogP contribution in [0.2, 0.25) is 0 Å². The van der Waals surface area contributed by atoms with Crippen molar-refractivity contribution in [1.29, 1.82) is 0 Å². The molecule has 0 atom stereocenters. The Morgan fingerprint density at radius 3 is 2.32 bits per heavy atom. The van der Waals surface area contributed by atoms with Crippen molar-refractivity contribution in [3.8, 4) is 0 Å². The molecule has 0 radical (unpaired) electrons. The fourth-order valence-electron chi connectivity index (χ4n) is 1.65. The molecule has 1 N–H and O–H groups in total. The number of hydrogen-bond donors (Lipinski definition) is 1. The molecule has 0 aliphatic rings. The van der Waals surface area contributed by atoms with Crippen molar-refractivity contribution in [2.24, 2.45) is 0 Å². The zero-order valence-electron chi connectivity index (χ0n) is 11.5. The van der Waals surface area contributed by atoms with Crippen LogP contribution in [0.1, 0.15) is 6.42 Å². The van der Waals surface area contributed by atoms with Gasteiger partial charge in [0.15, 0.2) is 0 Å². The summed E-state index contributed by atoms with van der Waals surface area (Å²) in [5, 5.41) is 0. The molecule has 0 aliphatic carbocycles. The first-order valence-corrected chi connectivity index (χ1v) is 9.72. The molecule has 1 amide bonds. The normalized spacial score (nSPS) is 11.1. The lowest BCUT2D eigenvalue weighted by Crippen LogP contribution is -2.30. The third-order valence-electron chi connectivity index (χ3n) is 2.71. The number of amides is 1. The second-order valence-electron chi connectivity index (χ2n) is 4.39. The summed E-state index contributed by atoms with van der Waals surface area (Å²) >= 11 is 4.75. The van der Waals surface area contributed by atoms with Crippen molar-refractivity contribution in [3.63, 3.8) is 0 Å². The molecule has 0 fully saturated rings. The Morgan fingerprint density at radius 1 is 1.05 bits per heavy atom. The summed E-state index contributed by atoms with van der Waals surface area (Å²) in [5.41, 5.74) is 0. The summed E-state index contributed by atoms with van der Waals surface area (Å²) in [6.07, 6.45) is 0.134. The van der Waals surface area contributed by atoms with E-state index in [1.165, 1.54) is 23.9 Å². The van der Waals surface area contributed by atoms with Gasteiger partial charge in [0.2, 0.25) is 5.91 Å². The second kappa shape index (κ2) is 7.80. The van der Waals surface area contributed by atoms with Gasteiger partial charge in [-0.25, -0.2) is 13.1 Å². The number of halogens is 1. The van der Waals surface area contributed by atoms with Crippen LogP contribution >= 0.6 is 27.7 Å². The van der Waals surface area contributed by atoms with Crippen molar-refractivity contribution in [2.45, 2.75) is 16.2 Å². The molecule has 0 heterocycles. The van der Waals surface area contributed by atoms with E-state index < -0.39 is 15.9 Å². The molecule has 0 unspecified atom stereocenters. The maximum Gasteiger partial charge on any atom is 0.264 e. The fraction of sp³-hybridized carbons (Fsp3) is 0.133. The third kappa shape index (κ3) is 5.15. The summed E-state index contributed by atoms with van der Waals surface area (Å²) in [6.45, 7) is 0. The SMILES string of the molecule is O=C(CCSc1ccccc1)NS(=O)(=O)c1ccc(Br)cc1. The van der Waals surface area contributed by atoms with Crippen molar-refractivity contribution < 1.29 is 13.2 Å². The number of rotatable bonds is 6. The summed E-state index contributed by atoms with van der Waals surface area (Å²) < 4.78 is 26.9. The summed E-state index contributed by atoms with van der Waals surface area (Å²) in [5.74, 6) is 0.0115. The molecule has 0 saturated heterocycles. The lowest BCUT2D eigenvalue weighted by atomic mass is 10.4. The Labute approximate surface area is 142 Å². The number of benzene rings is 2. The topological polar surface area (TPSA) is 63.2 Å². The van der Waals surface area contributed by atoms with Gasteiger partial charge >= 0.3 is 0 Å². The first-order chi connectivity index (χ1) is 10.5. The van der Waals surface area contributed by atoms with E-state index >= 15 is 0 Å². The van der Waals surface area contributed by atoms with Gasteiger partial charge in [-0.3, -0.25) is 4.79 Å². The highest BCUT2D eigenvalue weighted by Crippen LogP contribution is 2.18. The van der Waals surface area contributed by atoms with Crippen LogP contribution in [0.3, 0.4) is 0 Å². The van der Waals surface area contributed by atoms with E-state index in [0.29, 0.717) is 5.75 Å². The molecule has 22 heavy (non-hydrogen) atoms. The summed E-state index contributed by atoms with van der Waals surface area (Å²) in [6, 6.07) is 15.8. The highest BCUT2D eigenvalue weighted by Gasteiger charge is 2.17. The lowest BCUT2D eigenvalue weighted by molar-refractivity contribution is -0.118. The second-order valence-corrected chi connectivity index (χ2v) is 8.16. The van der Waals surface area contributed by atoms with Crippen LogP contribution in [-0.2, 0) is 14.8 Å². The molecule has 0 bridgehead atoms. The van der Waals surface area contributed by atoms with Crippen LogP contribution in [0, 0.1) is 0 Å². The maximum atomic E-state index is 12.0. The third-order valence-corrected chi connectivity index (χ3v) is 5.64. The number of sulfonamides is 1. The minimum atomic E-state index is -3.80. The smallest absolute Gasteiger partial charge is 0.264 e. The molecule has 0 aliphatic heterocycles. The Morgan fingerprint density at radius 2 is 1.68 bits per heavy atom. The van der Waals surface area contributed by atoms with Gasteiger partial charge in [-0.1, -0.05) is 34.1 Å². The van der Waals surface area contributed by atoms with Crippen molar-refractivity contribution in [2.75, 3.05) is 5.75 Å². The average Bonchev–Trinajstić information content (AvgIpc) is 2.48. The molecular weight excluding hydrogens is 386 g/mol. The van der Waals surface area contributed by atoms with Gasteiger partial charge in [0, 0.05) is 21.5 Å². The first-order valence-electron chi connectivity index (χ1n) is 6.46. The van der Waals surface area contributed by atoms with Crippen molar-refractivity contribution in [1.82, 2.24) is 4.72 Å². The van der Waals surface area contributed by atoms with Crippen LogP contribution < -0.4 is 4.72 Å². The van der Waals surface area contributed by atoms with Gasteiger partial charge in [-0.15, -0.1) is 11.8 Å². The van der Waals surface area contributed by atoms with Gasteiger partial charge in [-0.05, 0) is 36.4 Å². The Kier molecular flexibility index (Phi) is 6.05. The predicted molar refractivity (Wildman–Crippen MR) is 91.3 cm³/mol. The highest BCUT2D eigenvalue weighted by atomic mass is 79.9. The number of carbonyl (C=O) groups is 1. The van der Waals surface area contributed by atoms with Gasteiger partial charge in [-0.2, -0.15) is 0 Å². The number of carbonyl (C=O) groups excluding carboxylic acids is 1. The molecule has 7 heteroatoms. The molecule has 2 aromatic carbocycles. The van der Waals surface area contributed by atoms with Gasteiger partial charge < -0.3 is 0 Å². The molecule has 0 saturated carbocycles. The van der Waals surface area contributed by atoms with E-state index in [0.717, 1.165) is 9.37 Å². The Balaban J connectivity index is 1.87. The van der Waals surface area contributed by atoms with Crippen LogP contribution in [0.4, 0.5) is 0 Å². The first kappa shape index (κ1) is 17.1. The summed E-state index contributed by atoms with van der Waals surface area (Å²) in [4.78, 5) is 12.9. The lowest BCUT2D eigenvalue weighted by Gasteiger charge is -2.07. The molecular formula is C15H14BrNO3S2. The minimum absolute atomic E-state index is 0.0692.